The van der Waals surface area contributed by atoms with E-state index in [9.17, 15) is 0 Å². The molecule has 0 amide bonds. The van der Waals surface area contributed by atoms with Crippen LogP contribution in [0, 0.1) is 11.8 Å². The van der Waals surface area contributed by atoms with Gasteiger partial charge in [0.15, 0.2) is 0 Å². The smallest absolute Gasteiger partial charge is 0.0236 e. The zero-order chi connectivity index (χ0) is 15.2. The Morgan fingerprint density at radius 1 is 1.14 bits per heavy atom. The van der Waals surface area contributed by atoms with E-state index in [-0.39, 0.29) is 0 Å². The molecule has 0 aliphatic carbocycles. The van der Waals surface area contributed by atoms with Crippen molar-refractivity contribution in [3.63, 3.8) is 0 Å². The van der Waals surface area contributed by atoms with Gasteiger partial charge in [-0.2, -0.15) is 0 Å². The van der Waals surface area contributed by atoms with Crippen LogP contribution in [-0.4, -0.2) is 30.6 Å². The summed E-state index contributed by atoms with van der Waals surface area (Å²) in [5.41, 5.74) is 2.90. The van der Waals surface area contributed by atoms with Gasteiger partial charge in [-0.15, -0.1) is 0 Å². The van der Waals surface area contributed by atoms with Gasteiger partial charge >= 0.3 is 0 Å². The van der Waals surface area contributed by atoms with Gasteiger partial charge in [0.25, 0.3) is 0 Å². The van der Waals surface area contributed by atoms with E-state index in [1.807, 2.05) is 0 Å². The van der Waals surface area contributed by atoms with E-state index in [0.29, 0.717) is 0 Å². The fraction of sp³-hybridized carbons (Fsp3) is 0.684. The van der Waals surface area contributed by atoms with Crippen molar-refractivity contribution in [2.24, 2.45) is 11.8 Å². The fourth-order valence-corrected chi connectivity index (χ4v) is 3.28. The van der Waals surface area contributed by atoms with E-state index in [0.717, 1.165) is 43.9 Å². The molecule has 0 bridgehead atoms. The summed E-state index contributed by atoms with van der Waals surface area (Å²) >= 11 is 0. The Morgan fingerprint density at radius 3 is 2.38 bits per heavy atom. The highest BCUT2D eigenvalue weighted by Gasteiger charge is 2.25. The summed E-state index contributed by atoms with van der Waals surface area (Å²) < 4.78 is 0. The van der Waals surface area contributed by atoms with Crippen molar-refractivity contribution >= 4 is 0 Å². The first-order valence-electron chi connectivity index (χ1n) is 8.57. The van der Waals surface area contributed by atoms with Gasteiger partial charge in [0.2, 0.25) is 0 Å². The molecule has 1 aliphatic heterocycles. The predicted octanol–water partition coefficient (Wildman–Crippen LogP) is 3.71. The van der Waals surface area contributed by atoms with Crippen molar-refractivity contribution in [2.75, 3.05) is 19.6 Å². The number of rotatable bonds is 7. The van der Waals surface area contributed by atoms with E-state index < -0.39 is 0 Å². The summed E-state index contributed by atoms with van der Waals surface area (Å²) in [5.74, 6) is 1.59. The predicted molar refractivity (Wildman–Crippen MR) is 91.5 cm³/mol. The maximum atomic E-state index is 3.51. The third kappa shape index (κ3) is 5.44. The number of benzene rings is 1. The van der Waals surface area contributed by atoms with Crippen molar-refractivity contribution in [1.82, 2.24) is 10.2 Å². The average Bonchev–Trinajstić information content (AvgIpc) is 2.74. The molecule has 21 heavy (non-hydrogen) atoms. The molecule has 1 heterocycles. The molecule has 1 aromatic rings. The lowest BCUT2D eigenvalue weighted by molar-refractivity contribution is 0.256. The van der Waals surface area contributed by atoms with Gasteiger partial charge in [-0.05, 0) is 55.8 Å². The second-order valence-electron chi connectivity index (χ2n) is 7.28. The van der Waals surface area contributed by atoms with Gasteiger partial charge in [0.05, 0.1) is 0 Å². The van der Waals surface area contributed by atoms with Crippen LogP contribution in [0.25, 0.3) is 0 Å². The number of hydrogen-bond acceptors (Lipinski definition) is 2. The highest BCUT2D eigenvalue weighted by atomic mass is 15.2. The molecule has 2 rings (SSSR count). The number of nitrogens with one attached hydrogen (secondary N) is 1. The van der Waals surface area contributed by atoms with Crippen LogP contribution in [0.2, 0.25) is 0 Å². The highest BCUT2D eigenvalue weighted by molar-refractivity contribution is 5.23. The Labute approximate surface area is 130 Å². The Balaban J connectivity index is 1.76. The topological polar surface area (TPSA) is 15.3 Å². The molecule has 0 saturated carbocycles. The third-order valence-electron chi connectivity index (χ3n) is 4.46. The van der Waals surface area contributed by atoms with Gasteiger partial charge in [-0.25, -0.2) is 0 Å². The molecule has 1 N–H and O–H groups in total. The number of hydrogen-bond donors (Lipinski definition) is 1. The molecule has 2 unspecified atom stereocenters. The van der Waals surface area contributed by atoms with Crippen LogP contribution in [-0.2, 0) is 13.0 Å². The first-order chi connectivity index (χ1) is 10.0. The maximum absolute atomic E-state index is 3.51. The second kappa shape index (κ2) is 7.95. The zero-order valence-electron chi connectivity index (χ0n) is 14.2. The standard InChI is InChI=1S/C19H32N2/c1-15(2)12-20-10-9-18-5-7-19(8-6-18)14-21-13-16(3)11-17(21)4/h5-8,15-17,20H,9-14H2,1-4H3. The van der Waals surface area contributed by atoms with Crippen molar-refractivity contribution in [3.8, 4) is 0 Å². The molecule has 0 aromatic heterocycles. The highest BCUT2D eigenvalue weighted by Crippen LogP contribution is 2.24. The van der Waals surface area contributed by atoms with Crippen LogP contribution < -0.4 is 5.32 Å². The van der Waals surface area contributed by atoms with Gasteiger partial charge in [-0.1, -0.05) is 45.0 Å². The quantitative estimate of drug-likeness (QED) is 0.770. The van der Waals surface area contributed by atoms with Crippen molar-refractivity contribution in [3.05, 3.63) is 35.4 Å². The minimum absolute atomic E-state index is 0.734. The monoisotopic (exact) mass is 288 g/mol. The van der Waals surface area contributed by atoms with Gasteiger partial charge < -0.3 is 5.32 Å². The minimum atomic E-state index is 0.734. The van der Waals surface area contributed by atoms with Crippen molar-refractivity contribution in [1.29, 1.82) is 0 Å². The Hall–Kier alpha value is -0.860. The molecule has 1 aliphatic rings. The normalized spacial score (nSPS) is 23.1. The number of nitrogens with zero attached hydrogens (tertiary/aromatic N) is 1. The van der Waals surface area contributed by atoms with Crippen LogP contribution in [0.3, 0.4) is 0 Å². The van der Waals surface area contributed by atoms with Gasteiger partial charge in [0.1, 0.15) is 0 Å². The van der Waals surface area contributed by atoms with E-state index in [4.69, 9.17) is 0 Å². The lowest BCUT2D eigenvalue weighted by Gasteiger charge is -2.21. The van der Waals surface area contributed by atoms with Gasteiger partial charge in [-0.3, -0.25) is 4.90 Å². The molecular formula is C19H32N2. The summed E-state index contributed by atoms with van der Waals surface area (Å²) in [6.07, 6.45) is 2.48. The van der Waals surface area contributed by atoms with Crippen molar-refractivity contribution in [2.45, 2.75) is 53.1 Å². The van der Waals surface area contributed by atoms with E-state index >= 15 is 0 Å². The molecule has 1 fully saturated rings. The molecular weight excluding hydrogens is 256 g/mol. The molecule has 1 aromatic carbocycles. The SMILES string of the molecule is CC(C)CNCCc1ccc(CN2CC(C)CC2C)cc1. The number of likely N-dealkylation sites (tertiary alicyclic amines) is 1. The van der Waals surface area contributed by atoms with E-state index in [1.165, 1.54) is 24.1 Å². The molecule has 2 heteroatoms. The summed E-state index contributed by atoms with van der Waals surface area (Å²) in [7, 11) is 0. The summed E-state index contributed by atoms with van der Waals surface area (Å²) in [5, 5.41) is 3.51. The molecule has 1 saturated heterocycles. The molecule has 2 nitrogen and oxygen atoms in total. The first kappa shape index (κ1) is 16.5. The lowest BCUT2D eigenvalue weighted by atomic mass is 10.1. The molecule has 2 atom stereocenters. The van der Waals surface area contributed by atoms with E-state index in [2.05, 4.69) is 62.2 Å². The van der Waals surface area contributed by atoms with Crippen LogP contribution >= 0.6 is 0 Å². The van der Waals surface area contributed by atoms with Crippen LogP contribution in [0.4, 0.5) is 0 Å². The minimum Gasteiger partial charge on any atom is -0.316 e. The fourth-order valence-electron chi connectivity index (χ4n) is 3.28. The largest absolute Gasteiger partial charge is 0.316 e. The van der Waals surface area contributed by atoms with Crippen molar-refractivity contribution < 1.29 is 0 Å². The second-order valence-corrected chi connectivity index (χ2v) is 7.28. The van der Waals surface area contributed by atoms with Crippen LogP contribution in [0.15, 0.2) is 24.3 Å². The van der Waals surface area contributed by atoms with Crippen LogP contribution in [0.1, 0.15) is 45.2 Å². The Morgan fingerprint density at radius 2 is 1.81 bits per heavy atom. The first-order valence-corrected chi connectivity index (χ1v) is 8.57. The van der Waals surface area contributed by atoms with Crippen LogP contribution in [0.5, 0.6) is 0 Å². The average molecular weight is 288 g/mol. The molecule has 118 valence electrons. The van der Waals surface area contributed by atoms with Gasteiger partial charge in [0, 0.05) is 19.1 Å². The molecule has 0 radical (unpaired) electrons. The Kier molecular flexibility index (Phi) is 6.25. The Bertz CT molecular complexity index is 410. The zero-order valence-corrected chi connectivity index (χ0v) is 14.2. The molecule has 0 spiro atoms. The lowest BCUT2D eigenvalue weighted by Crippen LogP contribution is -2.26. The summed E-state index contributed by atoms with van der Waals surface area (Å²) in [6, 6.07) is 9.97. The summed E-state index contributed by atoms with van der Waals surface area (Å²) in [4.78, 5) is 2.61. The summed E-state index contributed by atoms with van der Waals surface area (Å²) in [6.45, 7) is 13.8. The third-order valence-corrected chi connectivity index (χ3v) is 4.46. The maximum Gasteiger partial charge on any atom is 0.0236 e. The van der Waals surface area contributed by atoms with E-state index in [1.54, 1.807) is 0 Å².